The number of halogens is 1. The zero-order valence-electron chi connectivity index (χ0n) is 13.6. The van der Waals surface area contributed by atoms with Gasteiger partial charge in [0.1, 0.15) is 5.25 Å². The Bertz CT molecular complexity index is 882. The Kier molecular flexibility index (Phi) is 5.40. The van der Waals surface area contributed by atoms with Gasteiger partial charge in [-0.25, -0.2) is 0 Å². The molecule has 0 saturated carbocycles. The standard InChI is InChI=1S/C18H17ClN4OS/c1-2-23-17(13-9-6-10-14(19)11-13)21-22-18(23)25-15(16(20)24)12-7-4-3-5-8-12/h3-11,15H,2H2,1H3,(H2,20,24). The van der Waals surface area contributed by atoms with Crippen LogP contribution in [0.3, 0.4) is 0 Å². The van der Waals surface area contributed by atoms with E-state index in [4.69, 9.17) is 17.3 Å². The largest absolute Gasteiger partial charge is 0.368 e. The van der Waals surface area contributed by atoms with Crippen LogP contribution >= 0.6 is 23.4 Å². The lowest BCUT2D eigenvalue weighted by Gasteiger charge is -2.14. The molecule has 3 aromatic rings. The minimum absolute atomic E-state index is 0.411. The van der Waals surface area contributed by atoms with Crippen molar-refractivity contribution < 1.29 is 4.79 Å². The molecule has 0 bridgehead atoms. The van der Waals surface area contributed by atoms with Crippen molar-refractivity contribution in [3.8, 4) is 11.4 Å². The van der Waals surface area contributed by atoms with Crippen molar-refractivity contribution in [2.75, 3.05) is 0 Å². The van der Waals surface area contributed by atoms with E-state index >= 15 is 0 Å². The second-order valence-electron chi connectivity index (χ2n) is 5.37. The SMILES string of the molecule is CCn1c(SC(C(N)=O)c2ccccc2)nnc1-c1cccc(Cl)c1. The number of aromatic nitrogens is 3. The van der Waals surface area contributed by atoms with Gasteiger partial charge in [-0.05, 0) is 24.6 Å². The van der Waals surface area contributed by atoms with Crippen LogP contribution in [0.25, 0.3) is 11.4 Å². The number of hydrogen-bond acceptors (Lipinski definition) is 4. The van der Waals surface area contributed by atoms with Gasteiger partial charge in [-0.2, -0.15) is 0 Å². The molecule has 1 atom stereocenters. The minimum Gasteiger partial charge on any atom is -0.368 e. The van der Waals surface area contributed by atoms with Gasteiger partial charge in [0.05, 0.1) is 0 Å². The number of amides is 1. The molecule has 0 aliphatic rings. The molecule has 5 nitrogen and oxygen atoms in total. The number of thioether (sulfide) groups is 1. The van der Waals surface area contributed by atoms with Crippen LogP contribution in [0.15, 0.2) is 59.8 Å². The summed E-state index contributed by atoms with van der Waals surface area (Å²) in [5.74, 6) is 0.301. The summed E-state index contributed by atoms with van der Waals surface area (Å²) >= 11 is 7.38. The van der Waals surface area contributed by atoms with Gasteiger partial charge in [0.15, 0.2) is 11.0 Å². The fourth-order valence-electron chi connectivity index (χ4n) is 2.53. The Labute approximate surface area is 155 Å². The zero-order valence-corrected chi connectivity index (χ0v) is 15.2. The van der Waals surface area contributed by atoms with Crippen molar-refractivity contribution in [3.63, 3.8) is 0 Å². The maximum Gasteiger partial charge on any atom is 0.235 e. The molecule has 1 heterocycles. The van der Waals surface area contributed by atoms with E-state index in [0.717, 1.165) is 11.1 Å². The maximum absolute atomic E-state index is 12.0. The highest BCUT2D eigenvalue weighted by atomic mass is 35.5. The molecule has 1 amide bonds. The number of carbonyl (C=O) groups is 1. The molecule has 7 heteroatoms. The van der Waals surface area contributed by atoms with Crippen molar-refractivity contribution >= 4 is 29.3 Å². The van der Waals surface area contributed by atoms with E-state index < -0.39 is 11.2 Å². The van der Waals surface area contributed by atoms with Gasteiger partial charge in [0.25, 0.3) is 0 Å². The van der Waals surface area contributed by atoms with Crippen molar-refractivity contribution in [1.29, 1.82) is 0 Å². The van der Waals surface area contributed by atoms with Crippen molar-refractivity contribution in [2.24, 2.45) is 5.73 Å². The molecule has 0 aliphatic carbocycles. The monoisotopic (exact) mass is 372 g/mol. The number of nitrogens with two attached hydrogens (primary N) is 1. The molecule has 2 N–H and O–H groups in total. The van der Waals surface area contributed by atoms with Crippen LogP contribution in [-0.2, 0) is 11.3 Å². The molecule has 25 heavy (non-hydrogen) atoms. The van der Waals surface area contributed by atoms with Crippen LogP contribution in [-0.4, -0.2) is 20.7 Å². The Balaban J connectivity index is 1.96. The summed E-state index contributed by atoms with van der Waals surface area (Å²) < 4.78 is 1.95. The van der Waals surface area contributed by atoms with E-state index in [-0.39, 0.29) is 0 Å². The van der Waals surface area contributed by atoms with Crippen LogP contribution in [0.1, 0.15) is 17.7 Å². The quantitative estimate of drug-likeness (QED) is 0.665. The molecule has 0 fully saturated rings. The minimum atomic E-state index is -0.525. The maximum atomic E-state index is 12.0. The Morgan fingerprint density at radius 3 is 2.60 bits per heavy atom. The summed E-state index contributed by atoms with van der Waals surface area (Å²) in [5, 5.41) is 9.31. The third-order valence-electron chi connectivity index (χ3n) is 3.70. The molecule has 0 radical (unpaired) electrons. The fraction of sp³-hybridized carbons (Fsp3) is 0.167. The summed E-state index contributed by atoms with van der Waals surface area (Å²) in [6.45, 7) is 2.67. The highest BCUT2D eigenvalue weighted by Crippen LogP contribution is 2.35. The van der Waals surface area contributed by atoms with Gasteiger partial charge in [0.2, 0.25) is 5.91 Å². The highest BCUT2D eigenvalue weighted by molar-refractivity contribution is 8.00. The summed E-state index contributed by atoms with van der Waals surface area (Å²) in [7, 11) is 0. The number of benzene rings is 2. The van der Waals surface area contributed by atoms with Crippen molar-refractivity contribution in [3.05, 3.63) is 65.2 Å². The molecule has 0 aliphatic heterocycles. The van der Waals surface area contributed by atoms with Gasteiger partial charge in [-0.1, -0.05) is 65.8 Å². The first-order valence-electron chi connectivity index (χ1n) is 7.80. The molecular formula is C18H17ClN4OS. The first kappa shape index (κ1) is 17.5. The predicted octanol–water partition coefficient (Wildman–Crippen LogP) is 3.94. The molecular weight excluding hydrogens is 356 g/mol. The average molecular weight is 373 g/mol. The average Bonchev–Trinajstić information content (AvgIpc) is 3.03. The number of rotatable bonds is 6. The van der Waals surface area contributed by atoms with Crippen LogP contribution < -0.4 is 5.73 Å². The van der Waals surface area contributed by atoms with Gasteiger partial charge < -0.3 is 10.3 Å². The van der Waals surface area contributed by atoms with Gasteiger partial charge in [-0.3, -0.25) is 4.79 Å². The molecule has 2 aromatic carbocycles. The topological polar surface area (TPSA) is 73.8 Å². The Hall–Kier alpha value is -2.31. The normalized spacial score (nSPS) is 12.1. The third kappa shape index (κ3) is 3.86. The van der Waals surface area contributed by atoms with E-state index in [1.807, 2.05) is 66.1 Å². The Morgan fingerprint density at radius 1 is 1.20 bits per heavy atom. The highest BCUT2D eigenvalue weighted by Gasteiger charge is 2.23. The van der Waals surface area contributed by atoms with E-state index in [2.05, 4.69) is 10.2 Å². The molecule has 0 spiro atoms. The van der Waals surface area contributed by atoms with E-state index in [9.17, 15) is 4.79 Å². The second kappa shape index (κ2) is 7.72. The number of hydrogen-bond donors (Lipinski definition) is 1. The summed E-state index contributed by atoms with van der Waals surface area (Å²) in [6, 6.07) is 16.9. The number of primary amides is 1. The van der Waals surface area contributed by atoms with E-state index in [1.54, 1.807) is 0 Å². The predicted molar refractivity (Wildman–Crippen MR) is 100 cm³/mol. The molecule has 3 rings (SSSR count). The summed E-state index contributed by atoms with van der Waals surface area (Å²) in [4.78, 5) is 12.0. The number of nitrogens with zero attached hydrogens (tertiary/aromatic N) is 3. The van der Waals surface area contributed by atoms with Crippen molar-refractivity contribution in [1.82, 2.24) is 14.8 Å². The Morgan fingerprint density at radius 2 is 1.96 bits per heavy atom. The van der Waals surface area contributed by atoms with Crippen LogP contribution in [0, 0.1) is 0 Å². The van der Waals surface area contributed by atoms with Gasteiger partial charge >= 0.3 is 0 Å². The van der Waals surface area contributed by atoms with Gasteiger partial charge in [-0.15, -0.1) is 10.2 Å². The zero-order chi connectivity index (χ0) is 17.8. The molecule has 1 unspecified atom stereocenters. The lowest BCUT2D eigenvalue weighted by Crippen LogP contribution is -2.19. The lowest BCUT2D eigenvalue weighted by atomic mass is 10.1. The van der Waals surface area contributed by atoms with Crippen LogP contribution in [0.5, 0.6) is 0 Å². The van der Waals surface area contributed by atoms with E-state index in [1.165, 1.54) is 11.8 Å². The van der Waals surface area contributed by atoms with Gasteiger partial charge in [0, 0.05) is 17.1 Å². The van der Waals surface area contributed by atoms with Crippen LogP contribution in [0.2, 0.25) is 5.02 Å². The van der Waals surface area contributed by atoms with Crippen molar-refractivity contribution in [2.45, 2.75) is 23.9 Å². The molecule has 0 saturated heterocycles. The summed E-state index contributed by atoms with van der Waals surface area (Å²) in [6.07, 6.45) is 0. The summed E-state index contributed by atoms with van der Waals surface area (Å²) in [5.41, 5.74) is 7.33. The fourth-order valence-corrected chi connectivity index (χ4v) is 3.77. The second-order valence-corrected chi connectivity index (χ2v) is 6.88. The first-order valence-corrected chi connectivity index (χ1v) is 9.06. The lowest BCUT2D eigenvalue weighted by molar-refractivity contribution is -0.117. The smallest absolute Gasteiger partial charge is 0.235 e. The third-order valence-corrected chi connectivity index (χ3v) is 5.19. The van der Waals surface area contributed by atoms with E-state index in [0.29, 0.717) is 22.5 Å². The molecule has 1 aromatic heterocycles. The molecule has 128 valence electrons. The first-order chi connectivity index (χ1) is 12.1. The number of carbonyl (C=O) groups excluding carboxylic acids is 1. The van der Waals surface area contributed by atoms with Crippen LogP contribution in [0.4, 0.5) is 0 Å².